The van der Waals surface area contributed by atoms with Crippen molar-refractivity contribution in [2.45, 2.75) is 314 Å². The predicted octanol–water partition coefficient (Wildman–Crippen LogP) is 29.0. The molecular formula is C92H172Ce2N14O2Si10. The van der Waals surface area contributed by atoms with Gasteiger partial charge in [0.15, 0.2) is 16.1 Å². The number of hydrogen-bond donors (Lipinski definition) is 0. The Morgan fingerprint density at radius 3 is 0.525 bits per heavy atom. The summed E-state index contributed by atoms with van der Waals surface area (Å²) in [6.07, 6.45) is 0. The van der Waals surface area contributed by atoms with Crippen molar-refractivity contribution in [3.8, 4) is 0 Å². The molecule has 0 saturated carbocycles. The molecule has 6 aromatic carbocycles. The standard InChI is InChI=1S/2C22H38N2OSi.4C6H18NSi2.4C6H6.2Ce.2N3/c2*1-16(2)18-11-10-12-19(17(3)4)20(18)24-14-13-23(15-22(5,6)25)21(24)26(7,8)9;4*1-8(2,3)7-9(4,5)6;4*1-2-4-6-5-3-1;;;2*1-3-2/h2*10-12,16-17H,13-15H2,1-9H3;4*1-6H3;4*1-6H;;;;/q;;4*-1;;;;;2*+3;2*-1. The van der Waals surface area contributed by atoms with Crippen LogP contribution in [0.25, 0.3) is 50.5 Å². The molecule has 0 atom stereocenters. The van der Waals surface area contributed by atoms with Crippen LogP contribution in [0.5, 0.6) is 0 Å². The Morgan fingerprint density at radius 2 is 0.433 bits per heavy atom. The van der Waals surface area contributed by atoms with Crippen molar-refractivity contribution in [3.05, 3.63) is 255 Å². The van der Waals surface area contributed by atoms with Crippen LogP contribution >= 0.6 is 0 Å². The molecule has 2 heterocycles. The quantitative estimate of drug-likeness (QED) is 0.0238. The molecule has 2 radical (unpaired) electrons. The minimum Gasteiger partial charge on any atom is -0.847 e. The fourth-order valence-corrected chi connectivity index (χ4v) is 50.4. The van der Waals surface area contributed by atoms with E-state index in [2.05, 4.69) is 307 Å². The van der Waals surface area contributed by atoms with Gasteiger partial charge in [-0.2, -0.15) is 0 Å². The Balaban J connectivity index is -0.000000316. The van der Waals surface area contributed by atoms with E-state index in [0.29, 0.717) is 36.8 Å². The van der Waals surface area contributed by atoms with Crippen molar-refractivity contribution in [2.24, 2.45) is 0 Å². The summed E-state index contributed by atoms with van der Waals surface area (Å²) in [4.78, 5) is 8.14. The van der Waals surface area contributed by atoms with Crippen LogP contribution in [0.3, 0.4) is 0 Å². The number of nitrogens with zero attached hydrogens (tertiary/aromatic N) is 14. The van der Waals surface area contributed by atoms with Crippen LogP contribution in [0.2, 0.25) is 196 Å². The first-order valence-electron chi connectivity index (χ1n) is 42.7. The third-order valence-electron chi connectivity index (χ3n) is 15.4. The maximum absolute atomic E-state index is 12.5. The average Bonchev–Trinajstić information content (AvgIpc) is 1.59. The Kier molecular flexibility index (Phi) is 65.4. The molecule has 0 bridgehead atoms. The second kappa shape index (κ2) is 61.1. The van der Waals surface area contributed by atoms with Gasteiger partial charge in [0.1, 0.15) is 37.6 Å². The minimum absolute atomic E-state index is 0. The Bertz CT molecular complexity index is 3190. The van der Waals surface area contributed by atoms with E-state index in [1.54, 1.807) is 27.7 Å². The van der Waals surface area contributed by atoms with Gasteiger partial charge in [-0.05, 0) is 23.7 Å². The van der Waals surface area contributed by atoms with E-state index in [-0.39, 0.29) is 83.5 Å². The van der Waals surface area contributed by atoms with Gasteiger partial charge in [0.25, 0.3) is 0 Å². The third kappa shape index (κ3) is 71.6. The number of benzene rings is 6. The van der Waals surface area contributed by atoms with Crippen LogP contribution in [-0.2, 0) is 0 Å². The van der Waals surface area contributed by atoms with Crippen LogP contribution in [0.1, 0.15) is 129 Å². The molecule has 2 aliphatic rings. The summed E-state index contributed by atoms with van der Waals surface area (Å²) in [6, 6.07) is 61.6. The van der Waals surface area contributed by atoms with Crippen molar-refractivity contribution >= 4 is 104 Å². The summed E-state index contributed by atoms with van der Waals surface area (Å²) >= 11 is 0. The molecule has 0 amide bonds. The fourth-order valence-electron chi connectivity index (χ4n) is 13.8. The molecule has 120 heavy (non-hydrogen) atoms. The van der Waals surface area contributed by atoms with Gasteiger partial charge in [0, 0.05) is 22.3 Å². The van der Waals surface area contributed by atoms with Gasteiger partial charge < -0.3 is 50.9 Å². The second-order valence-corrected chi connectivity index (χ2v) is 90.8. The number of rotatable bonds is 20. The number of anilines is 2. The monoisotopic (exact) mass is 2060 g/mol. The van der Waals surface area contributed by atoms with Crippen LogP contribution in [0.15, 0.2) is 182 Å². The number of para-hydroxylation sites is 2. The number of hydrogen-bond acceptors (Lipinski definition) is 4. The molecular weight excluding hydrogens is 1890 g/mol. The normalized spacial score (nSPS) is 13.0. The van der Waals surface area contributed by atoms with E-state index >= 15 is 0 Å². The van der Waals surface area contributed by atoms with Gasteiger partial charge >= 0.3 is 83.5 Å². The zero-order chi connectivity index (χ0) is 92.9. The van der Waals surface area contributed by atoms with Crippen LogP contribution < -0.4 is 20.0 Å². The SMILES string of the molecule is CC(C)c1cccc(C(C)C)c1N1CC[N+](CC(C)(C)[O-])=C1[Si](C)(C)C.CC(C)c1cccc(C(C)C)c1N1CC[N+](CC(C)(C)[O-])=C1[Si](C)(C)C.C[Si](C)(C)[N-][Si](C)(C)C.C[Si](C)(C)[N-][Si](C)(C)C.C[Si](C)(C)[N-][Si](C)(C)C.C[Si](C)(C)[N-][Si](C)(C)C.[Ce+3].[Ce+3].[N-]=[N+]=[N-].[N-]=[N+]=[N-].c1ccccc1.c1ccccc1.c1ccccc1.c1ccccc1. The van der Waals surface area contributed by atoms with Gasteiger partial charge in [-0.1, -0.05) is 539 Å². The Labute approximate surface area is 816 Å². The van der Waals surface area contributed by atoms with Gasteiger partial charge in [-0.3, -0.25) is 19.0 Å². The summed E-state index contributed by atoms with van der Waals surface area (Å²) in [6.45, 7) is 100. The maximum atomic E-state index is 12.5. The first-order valence-corrected chi connectivity index (χ1v) is 77.3. The molecule has 0 aromatic heterocycles. The van der Waals surface area contributed by atoms with Gasteiger partial charge in [-0.25, -0.2) is 9.80 Å². The van der Waals surface area contributed by atoms with Gasteiger partial charge in [-0.15, -0.1) is 0 Å². The Morgan fingerprint density at radius 1 is 0.300 bits per heavy atom. The van der Waals surface area contributed by atoms with Crippen molar-refractivity contribution < 1.29 is 103 Å². The molecule has 2 aliphatic heterocycles. The van der Waals surface area contributed by atoms with Crippen LogP contribution in [0.4, 0.5) is 11.4 Å². The second-order valence-electron chi connectivity index (χ2n) is 42.6. The molecule has 0 spiro atoms. The summed E-state index contributed by atoms with van der Waals surface area (Å²) in [5.41, 5.74) is 36.5. The molecule has 8 rings (SSSR count). The first-order chi connectivity index (χ1) is 53.3. The van der Waals surface area contributed by atoms with Gasteiger partial charge in [0.2, 0.25) is 10.9 Å². The zero-order valence-corrected chi connectivity index (χ0v) is 100. The Hall–Kier alpha value is -2.44. The summed E-state index contributed by atoms with van der Waals surface area (Å²) in [5, 5.41) is 24.9. The molecule has 0 unspecified atom stereocenters. The van der Waals surface area contributed by atoms with Crippen molar-refractivity contribution in [1.82, 2.24) is 0 Å². The third-order valence-corrected chi connectivity index (χ3v) is 40.7. The van der Waals surface area contributed by atoms with E-state index in [9.17, 15) is 10.2 Å². The molecule has 16 nitrogen and oxygen atoms in total. The first kappa shape index (κ1) is 128. The zero-order valence-electron chi connectivity index (χ0n) is 84.0. The summed E-state index contributed by atoms with van der Waals surface area (Å²) in [5.74, 6) is 1.93. The topological polar surface area (TPSA) is 232 Å². The van der Waals surface area contributed by atoms with Gasteiger partial charge in [0.05, 0.1) is 13.1 Å². The molecule has 0 N–H and O–H groups in total. The summed E-state index contributed by atoms with van der Waals surface area (Å²) in [7, 11) is -12.1. The van der Waals surface area contributed by atoms with E-state index in [1.165, 1.54) is 54.4 Å². The maximum Gasteiger partial charge on any atom is 3.00 e. The molecule has 670 valence electrons. The van der Waals surface area contributed by atoms with Crippen LogP contribution in [0, 0.1) is 83.5 Å². The largest absolute Gasteiger partial charge is 3.00 e. The van der Waals surface area contributed by atoms with Crippen molar-refractivity contribution in [1.29, 1.82) is 0 Å². The van der Waals surface area contributed by atoms with E-state index in [4.69, 9.17) is 40.7 Å². The molecule has 6 aromatic rings. The van der Waals surface area contributed by atoms with E-state index < -0.39 is 93.2 Å². The molecule has 0 aliphatic carbocycles. The molecule has 0 saturated heterocycles. The number of amidine groups is 2. The molecule has 28 heteroatoms. The minimum atomic E-state index is -1.62. The molecule has 0 fully saturated rings. The van der Waals surface area contributed by atoms with Crippen molar-refractivity contribution in [2.75, 3.05) is 49.1 Å². The van der Waals surface area contributed by atoms with Crippen LogP contribution in [-0.4, -0.2) is 153 Å². The van der Waals surface area contributed by atoms with E-state index in [0.717, 1.165) is 26.2 Å². The average molecular weight is 2070 g/mol. The smallest absolute Gasteiger partial charge is 0.847 e. The fraction of sp³-hybridized carbons (Fsp3) is 0.587. The summed E-state index contributed by atoms with van der Waals surface area (Å²) < 4.78 is 24.1. The van der Waals surface area contributed by atoms with E-state index in [1.807, 2.05) is 146 Å². The van der Waals surface area contributed by atoms with Crippen molar-refractivity contribution in [3.63, 3.8) is 0 Å². The predicted molar refractivity (Wildman–Crippen MR) is 555 cm³/mol.